The van der Waals surface area contributed by atoms with E-state index in [1.807, 2.05) is 0 Å². The van der Waals surface area contributed by atoms with Gasteiger partial charge in [0.15, 0.2) is 16.5 Å². The van der Waals surface area contributed by atoms with Gasteiger partial charge in [0.05, 0.1) is 30.9 Å². The lowest BCUT2D eigenvalue weighted by atomic mass is 10.0. The van der Waals surface area contributed by atoms with Gasteiger partial charge >= 0.3 is 0 Å². The van der Waals surface area contributed by atoms with Gasteiger partial charge in [-0.05, 0) is 11.6 Å². The number of aromatic hydroxyl groups is 1. The van der Waals surface area contributed by atoms with Gasteiger partial charge in [0.25, 0.3) is 5.91 Å². The molecule has 2 aromatic heterocycles. The summed E-state index contributed by atoms with van der Waals surface area (Å²) in [6, 6.07) is 2.75. The molecule has 1 amide bonds. The number of fused-ring (bicyclic) bond motifs is 3. The minimum absolute atomic E-state index is 0.0724. The zero-order valence-corrected chi connectivity index (χ0v) is 16.1. The summed E-state index contributed by atoms with van der Waals surface area (Å²) < 4.78 is 34.0. The number of carbonyl (C=O) groups is 1. The molecular weight excluding hydrogens is 418 g/mol. The normalized spacial score (nSPS) is 20.0. The van der Waals surface area contributed by atoms with E-state index in [1.165, 1.54) is 12.3 Å². The highest BCUT2D eigenvalue weighted by molar-refractivity contribution is 7.14. The summed E-state index contributed by atoms with van der Waals surface area (Å²) in [5, 5.41) is 21.8. The number of halogens is 2. The maximum Gasteiger partial charge on any atom is 0.272 e. The number of pyridine rings is 1. The topological polar surface area (TPSA) is 106 Å². The molecule has 154 valence electrons. The Bertz CT molecular complexity index is 1240. The van der Waals surface area contributed by atoms with E-state index in [1.54, 1.807) is 4.57 Å². The Morgan fingerprint density at radius 1 is 1.27 bits per heavy atom. The van der Waals surface area contributed by atoms with Crippen LogP contribution in [0.4, 0.5) is 8.78 Å². The van der Waals surface area contributed by atoms with Crippen molar-refractivity contribution in [3.8, 4) is 16.3 Å². The van der Waals surface area contributed by atoms with Gasteiger partial charge in [-0.15, -0.1) is 10.2 Å². The van der Waals surface area contributed by atoms with Gasteiger partial charge in [-0.2, -0.15) is 0 Å². The van der Waals surface area contributed by atoms with E-state index in [4.69, 9.17) is 4.74 Å². The van der Waals surface area contributed by atoms with Crippen molar-refractivity contribution in [1.82, 2.24) is 20.1 Å². The summed E-state index contributed by atoms with van der Waals surface area (Å²) in [4.78, 5) is 25.0. The van der Waals surface area contributed by atoms with Crippen molar-refractivity contribution < 1.29 is 23.4 Å². The average Bonchev–Trinajstić information content (AvgIpc) is 3.36. The third kappa shape index (κ3) is 2.97. The number of aromatic nitrogens is 3. The molecule has 8 nitrogen and oxygen atoms in total. The lowest BCUT2D eigenvalue weighted by Crippen LogP contribution is -2.48. The number of rotatable bonds is 3. The minimum Gasteiger partial charge on any atom is -0.503 e. The predicted octanol–water partition coefficient (Wildman–Crippen LogP) is 1.62. The van der Waals surface area contributed by atoms with Crippen molar-refractivity contribution in [2.45, 2.75) is 18.5 Å². The minimum atomic E-state index is -0.746. The number of hydrogen-bond donors (Lipinski definition) is 2. The molecular formula is C19H14F2N4O4S. The Morgan fingerprint density at radius 3 is 2.90 bits per heavy atom. The fourth-order valence-corrected chi connectivity index (χ4v) is 4.58. The first kappa shape index (κ1) is 18.8. The molecule has 1 saturated heterocycles. The molecule has 11 heteroatoms. The number of amides is 1. The van der Waals surface area contributed by atoms with E-state index < -0.39 is 28.7 Å². The predicted molar refractivity (Wildman–Crippen MR) is 102 cm³/mol. The van der Waals surface area contributed by atoms with Gasteiger partial charge < -0.3 is 19.7 Å². The van der Waals surface area contributed by atoms with Crippen LogP contribution in [-0.2, 0) is 11.2 Å². The van der Waals surface area contributed by atoms with Crippen LogP contribution in [0.3, 0.4) is 0 Å². The van der Waals surface area contributed by atoms with Crippen LogP contribution in [0.2, 0.25) is 0 Å². The molecule has 0 saturated carbocycles. The van der Waals surface area contributed by atoms with Crippen LogP contribution in [-0.4, -0.2) is 45.0 Å². The quantitative estimate of drug-likeness (QED) is 0.652. The Balaban J connectivity index is 1.54. The summed E-state index contributed by atoms with van der Waals surface area (Å²) in [7, 11) is 0. The van der Waals surface area contributed by atoms with Crippen LogP contribution in [0.25, 0.3) is 10.6 Å². The van der Waals surface area contributed by atoms with Gasteiger partial charge in [-0.25, -0.2) is 8.78 Å². The van der Waals surface area contributed by atoms with E-state index in [0.29, 0.717) is 18.2 Å². The monoisotopic (exact) mass is 432 g/mol. The summed E-state index contributed by atoms with van der Waals surface area (Å²) in [6.07, 6.45) is 1.55. The molecule has 2 aliphatic heterocycles. The summed E-state index contributed by atoms with van der Waals surface area (Å²) in [5.41, 5.74) is -0.537. The Labute approximate surface area is 171 Å². The zero-order valence-electron chi connectivity index (χ0n) is 15.3. The van der Waals surface area contributed by atoms with E-state index in [9.17, 15) is 23.5 Å². The second kappa shape index (κ2) is 6.96. The molecule has 1 aromatic carbocycles. The van der Waals surface area contributed by atoms with E-state index >= 15 is 0 Å². The van der Waals surface area contributed by atoms with Crippen LogP contribution in [0.1, 0.15) is 27.1 Å². The first-order valence-electron chi connectivity index (χ1n) is 9.05. The van der Waals surface area contributed by atoms with Crippen molar-refractivity contribution in [3.63, 3.8) is 0 Å². The van der Waals surface area contributed by atoms with Crippen LogP contribution < -0.4 is 10.7 Å². The lowest BCUT2D eigenvalue weighted by Gasteiger charge is -2.30. The van der Waals surface area contributed by atoms with Crippen LogP contribution in [0.5, 0.6) is 5.75 Å². The van der Waals surface area contributed by atoms with E-state index in [-0.39, 0.29) is 40.3 Å². The SMILES string of the molecule is O=C1N[C@@H]2COCC2n2cc(-c3nnc(Cc4ccc(F)cc4F)s3)c(=O)c(O)c21. The highest BCUT2D eigenvalue weighted by Gasteiger charge is 2.39. The van der Waals surface area contributed by atoms with Gasteiger partial charge in [0, 0.05) is 18.7 Å². The van der Waals surface area contributed by atoms with E-state index in [2.05, 4.69) is 15.5 Å². The average molecular weight is 432 g/mol. The van der Waals surface area contributed by atoms with Gasteiger partial charge in [-0.1, -0.05) is 17.4 Å². The fourth-order valence-electron chi connectivity index (χ4n) is 3.71. The first-order chi connectivity index (χ1) is 14.4. The third-order valence-corrected chi connectivity index (χ3v) is 6.16. The molecule has 4 heterocycles. The molecule has 2 atom stereocenters. The van der Waals surface area contributed by atoms with Gasteiger partial charge in [0.1, 0.15) is 16.6 Å². The smallest absolute Gasteiger partial charge is 0.272 e. The lowest BCUT2D eigenvalue weighted by molar-refractivity contribution is 0.0886. The second-order valence-electron chi connectivity index (χ2n) is 7.07. The van der Waals surface area contributed by atoms with Crippen molar-refractivity contribution in [2.24, 2.45) is 0 Å². The number of benzene rings is 1. The summed E-state index contributed by atoms with van der Waals surface area (Å²) in [6.45, 7) is 0.662. The van der Waals surface area contributed by atoms with Crippen molar-refractivity contribution in [1.29, 1.82) is 0 Å². The number of hydrogen-bond acceptors (Lipinski definition) is 7. The molecule has 1 fully saturated rings. The van der Waals surface area contributed by atoms with Gasteiger partial charge in [0.2, 0.25) is 5.43 Å². The highest BCUT2D eigenvalue weighted by atomic mass is 32.1. The van der Waals surface area contributed by atoms with Crippen molar-refractivity contribution >= 4 is 17.2 Å². The van der Waals surface area contributed by atoms with E-state index in [0.717, 1.165) is 23.5 Å². The number of carbonyl (C=O) groups excluding carboxylic acids is 1. The molecule has 3 aromatic rings. The summed E-state index contributed by atoms with van der Waals surface area (Å²) in [5.74, 6) is -2.59. The Kier molecular flexibility index (Phi) is 4.36. The highest BCUT2D eigenvalue weighted by Crippen LogP contribution is 2.32. The molecule has 2 aliphatic rings. The number of ether oxygens (including phenoxy) is 1. The number of nitrogens with zero attached hydrogens (tertiary/aromatic N) is 3. The molecule has 0 aliphatic carbocycles. The largest absolute Gasteiger partial charge is 0.503 e. The molecule has 5 rings (SSSR count). The number of nitrogens with one attached hydrogen (secondary N) is 1. The maximum atomic E-state index is 13.9. The fraction of sp³-hybridized carbons (Fsp3) is 0.263. The van der Waals surface area contributed by atoms with Crippen LogP contribution >= 0.6 is 11.3 Å². The molecule has 1 unspecified atom stereocenters. The van der Waals surface area contributed by atoms with Crippen LogP contribution in [0.15, 0.2) is 29.2 Å². The van der Waals surface area contributed by atoms with Gasteiger partial charge in [-0.3, -0.25) is 9.59 Å². The first-order valence-corrected chi connectivity index (χ1v) is 9.87. The molecule has 0 bridgehead atoms. The van der Waals surface area contributed by atoms with Crippen molar-refractivity contribution in [3.05, 3.63) is 62.5 Å². The maximum absolute atomic E-state index is 13.9. The standard InChI is InChI=1S/C19H14F2N4O4S/c20-9-2-1-8(11(21)4-9)3-14-23-24-19(30-14)10-5-25-13-7-29-6-12(13)22-18(28)15(25)17(27)16(10)26/h1-2,4-5,12-13,27H,3,6-7H2,(H,22,28)/t12-,13?/m1/s1. The molecule has 0 spiro atoms. The second-order valence-corrected chi connectivity index (χ2v) is 8.14. The zero-order chi connectivity index (χ0) is 21.0. The molecule has 2 N–H and O–H groups in total. The Morgan fingerprint density at radius 2 is 2.10 bits per heavy atom. The van der Waals surface area contributed by atoms with Crippen molar-refractivity contribution in [2.75, 3.05) is 13.2 Å². The Hall–Kier alpha value is -3.18. The third-order valence-electron chi connectivity index (χ3n) is 5.20. The summed E-state index contributed by atoms with van der Waals surface area (Å²) >= 11 is 1.05. The molecule has 0 radical (unpaired) electrons. The van der Waals surface area contributed by atoms with Crippen LogP contribution in [0, 0.1) is 11.6 Å². The molecule has 30 heavy (non-hydrogen) atoms.